The monoisotopic (exact) mass is 574 g/mol. The number of aliphatic carboxylic acids is 1. The summed E-state index contributed by atoms with van der Waals surface area (Å²) in [6.45, 7) is 8.99. The number of nitrogens with zero attached hydrogens (tertiary/aromatic N) is 6. The zero-order valence-electron chi connectivity index (χ0n) is 22.8. The van der Waals surface area contributed by atoms with E-state index in [1.807, 2.05) is 36.9 Å². The molecule has 1 aromatic carbocycles. The lowest BCUT2D eigenvalue weighted by molar-refractivity contribution is -0.149. The summed E-state index contributed by atoms with van der Waals surface area (Å²) in [4.78, 5) is 26.2. The summed E-state index contributed by atoms with van der Waals surface area (Å²) in [6, 6.07) is 6.00. The van der Waals surface area contributed by atoms with Crippen molar-refractivity contribution in [2.75, 3.05) is 31.6 Å². The number of methoxy groups -OCH3 is 1. The molecule has 0 spiro atoms. The lowest BCUT2D eigenvalue weighted by atomic mass is 9.91. The quantitative estimate of drug-likeness (QED) is 0.391. The highest BCUT2D eigenvalue weighted by Crippen LogP contribution is 2.34. The molecule has 1 N–H and O–H groups in total. The molecule has 4 heterocycles. The Bertz CT molecular complexity index is 1350. The normalized spacial score (nSPS) is 23.8. The number of benzene rings is 1. The van der Waals surface area contributed by atoms with Crippen molar-refractivity contribution >= 4 is 46.2 Å². The molecule has 9 nitrogen and oxygen atoms in total. The number of hydrogen-bond acceptors (Lipinski definition) is 7. The number of carbonyl (C=O) groups is 1. The van der Waals surface area contributed by atoms with Gasteiger partial charge in [0.2, 0.25) is 0 Å². The highest BCUT2D eigenvalue weighted by atomic mass is 35.5. The smallest absolute Gasteiger partial charge is 0.332 e. The van der Waals surface area contributed by atoms with Gasteiger partial charge in [0.25, 0.3) is 0 Å². The molecular formula is C28H36Cl2N6O3. The van der Waals surface area contributed by atoms with Crippen LogP contribution < -0.4 is 4.90 Å². The van der Waals surface area contributed by atoms with Gasteiger partial charge in [0.1, 0.15) is 11.3 Å². The van der Waals surface area contributed by atoms with E-state index in [1.165, 1.54) is 7.11 Å². The number of aryl methyl sites for hydroxylation is 1. The van der Waals surface area contributed by atoms with Gasteiger partial charge in [-0.25, -0.2) is 19.4 Å². The summed E-state index contributed by atoms with van der Waals surface area (Å²) in [6.07, 6.45) is 4.71. The van der Waals surface area contributed by atoms with E-state index >= 15 is 0 Å². The number of fused-ring (bicyclic) bond motifs is 1. The van der Waals surface area contributed by atoms with Gasteiger partial charge in [-0.15, -0.1) is 0 Å². The molecule has 5 rings (SSSR count). The van der Waals surface area contributed by atoms with Crippen LogP contribution in [0, 0.1) is 12.8 Å². The fraction of sp³-hybridized carbons (Fsp3) is 0.571. The third-order valence-corrected chi connectivity index (χ3v) is 8.98. The highest BCUT2D eigenvalue weighted by Gasteiger charge is 2.38. The lowest BCUT2D eigenvalue weighted by Gasteiger charge is -2.44. The number of carboxylic acids is 1. The minimum absolute atomic E-state index is 0.144. The second kappa shape index (κ2) is 11.6. The van der Waals surface area contributed by atoms with Crippen LogP contribution in [0.4, 0.5) is 5.82 Å². The van der Waals surface area contributed by atoms with E-state index in [1.54, 1.807) is 6.07 Å². The standard InChI is InChI=1S/C28H36Cl2N6O3/c1-16-15-34(11-9-23(16)35-10-5-6-20(35)13-24(39-4)28(37)38)25-14-31-26-17(2)33-36(27(26)32-25)18(3)21-8-7-19(29)12-22(21)30/h7-8,12,14,16,18,20,23-24H,5-6,9-11,13,15H2,1-4H3,(H,37,38)/t16?,18-,20?,23?,24?/m1/s1. The maximum absolute atomic E-state index is 11.6. The Morgan fingerprint density at radius 1 is 1.26 bits per heavy atom. The summed E-state index contributed by atoms with van der Waals surface area (Å²) < 4.78 is 7.14. The first kappa shape index (κ1) is 28.1. The van der Waals surface area contributed by atoms with Crippen LogP contribution in [0.2, 0.25) is 10.0 Å². The number of halogens is 2. The molecule has 39 heavy (non-hydrogen) atoms. The number of ether oxygens (including phenoxy) is 1. The van der Waals surface area contributed by atoms with Crippen LogP contribution in [0.25, 0.3) is 11.2 Å². The molecule has 2 aliphatic heterocycles. The van der Waals surface area contributed by atoms with Crippen LogP contribution in [0.3, 0.4) is 0 Å². The molecule has 5 atom stereocenters. The second-order valence-electron chi connectivity index (χ2n) is 10.9. The lowest BCUT2D eigenvalue weighted by Crippen LogP contribution is -2.52. The van der Waals surface area contributed by atoms with Crippen molar-refractivity contribution in [3.8, 4) is 0 Å². The SMILES string of the molecule is COC(CC1CCCN1C1CCN(c2cnc3c(C)nn([C@H](C)c4ccc(Cl)cc4Cl)c3n2)CC1C)C(=O)O. The minimum Gasteiger partial charge on any atom is -0.479 e. The fourth-order valence-corrected chi connectivity index (χ4v) is 6.93. The molecule has 0 saturated carbocycles. The van der Waals surface area contributed by atoms with E-state index in [2.05, 4.69) is 16.7 Å². The number of aromatic nitrogens is 4. The molecule has 2 aromatic heterocycles. The van der Waals surface area contributed by atoms with Gasteiger partial charge >= 0.3 is 5.97 Å². The number of anilines is 1. The maximum atomic E-state index is 11.6. The van der Waals surface area contributed by atoms with Crippen molar-refractivity contribution in [1.82, 2.24) is 24.6 Å². The summed E-state index contributed by atoms with van der Waals surface area (Å²) >= 11 is 12.6. The van der Waals surface area contributed by atoms with E-state index in [9.17, 15) is 9.90 Å². The number of piperidine rings is 1. The Morgan fingerprint density at radius 3 is 2.74 bits per heavy atom. The Balaban J connectivity index is 1.34. The zero-order valence-corrected chi connectivity index (χ0v) is 24.4. The Morgan fingerprint density at radius 2 is 2.05 bits per heavy atom. The van der Waals surface area contributed by atoms with Gasteiger partial charge in [0, 0.05) is 42.3 Å². The summed E-state index contributed by atoms with van der Waals surface area (Å²) in [5.41, 5.74) is 3.26. The summed E-state index contributed by atoms with van der Waals surface area (Å²) in [7, 11) is 1.48. The Hall–Kier alpha value is -2.46. The fourth-order valence-electron chi connectivity index (χ4n) is 6.36. The summed E-state index contributed by atoms with van der Waals surface area (Å²) in [5.74, 6) is 0.344. The Labute approximate surface area is 239 Å². The zero-order chi connectivity index (χ0) is 27.8. The van der Waals surface area contributed by atoms with Crippen molar-refractivity contribution in [3.05, 3.63) is 45.7 Å². The molecular weight excluding hydrogens is 539 g/mol. The second-order valence-corrected chi connectivity index (χ2v) is 11.7. The molecule has 4 unspecified atom stereocenters. The van der Waals surface area contributed by atoms with E-state index in [0.29, 0.717) is 28.4 Å². The summed E-state index contributed by atoms with van der Waals surface area (Å²) in [5, 5.41) is 15.4. The number of rotatable bonds is 8. The van der Waals surface area contributed by atoms with Crippen LogP contribution in [-0.2, 0) is 9.53 Å². The average molecular weight is 576 g/mol. The van der Waals surface area contributed by atoms with Crippen molar-refractivity contribution in [3.63, 3.8) is 0 Å². The predicted molar refractivity (Wildman–Crippen MR) is 153 cm³/mol. The van der Waals surface area contributed by atoms with Gasteiger partial charge < -0.3 is 14.7 Å². The first-order valence-electron chi connectivity index (χ1n) is 13.6. The van der Waals surface area contributed by atoms with Crippen molar-refractivity contribution in [1.29, 1.82) is 0 Å². The topological polar surface area (TPSA) is 96.6 Å². The third-order valence-electron chi connectivity index (χ3n) is 8.42. The molecule has 2 aliphatic rings. The van der Waals surface area contributed by atoms with E-state index < -0.39 is 12.1 Å². The van der Waals surface area contributed by atoms with Gasteiger partial charge in [-0.3, -0.25) is 4.90 Å². The van der Waals surface area contributed by atoms with E-state index in [-0.39, 0.29) is 12.1 Å². The van der Waals surface area contributed by atoms with Crippen LogP contribution in [0.1, 0.15) is 56.8 Å². The maximum Gasteiger partial charge on any atom is 0.332 e. The van der Waals surface area contributed by atoms with Crippen LogP contribution in [-0.4, -0.2) is 80.7 Å². The van der Waals surface area contributed by atoms with Gasteiger partial charge in [-0.05, 0) is 69.7 Å². The molecule has 0 radical (unpaired) electrons. The molecule has 210 valence electrons. The molecule has 11 heteroatoms. The first-order valence-corrected chi connectivity index (χ1v) is 14.4. The van der Waals surface area contributed by atoms with Gasteiger partial charge in [-0.2, -0.15) is 5.10 Å². The van der Waals surface area contributed by atoms with Crippen LogP contribution in [0.5, 0.6) is 0 Å². The largest absolute Gasteiger partial charge is 0.479 e. The number of carboxylic acid groups (broad SMARTS) is 1. The van der Waals surface area contributed by atoms with Crippen LogP contribution >= 0.6 is 23.2 Å². The van der Waals surface area contributed by atoms with E-state index in [4.69, 9.17) is 43.0 Å². The van der Waals surface area contributed by atoms with Gasteiger partial charge in [0.15, 0.2) is 11.8 Å². The van der Waals surface area contributed by atoms with Crippen molar-refractivity contribution in [2.45, 2.75) is 70.7 Å². The predicted octanol–water partition coefficient (Wildman–Crippen LogP) is 5.22. The van der Waals surface area contributed by atoms with E-state index in [0.717, 1.165) is 67.1 Å². The molecule has 0 amide bonds. The molecule has 3 aromatic rings. The molecule has 0 bridgehead atoms. The highest BCUT2D eigenvalue weighted by molar-refractivity contribution is 6.35. The Kier molecular flexibility index (Phi) is 8.33. The van der Waals surface area contributed by atoms with Crippen molar-refractivity contribution < 1.29 is 14.6 Å². The van der Waals surface area contributed by atoms with Crippen molar-refractivity contribution in [2.24, 2.45) is 5.92 Å². The van der Waals surface area contributed by atoms with Crippen LogP contribution in [0.15, 0.2) is 24.4 Å². The van der Waals surface area contributed by atoms with Gasteiger partial charge in [0.05, 0.1) is 17.9 Å². The average Bonchev–Trinajstić information content (AvgIpc) is 3.50. The first-order chi connectivity index (χ1) is 18.7. The molecule has 0 aliphatic carbocycles. The molecule has 2 fully saturated rings. The number of hydrogen-bond donors (Lipinski definition) is 1. The minimum atomic E-state index is -0.886. The molecule has 2 saturated heterocycles. The van der Waals surface area contributed by atoms with Gasteiger partial charge in [-0.1, -0.05) is 36.2 Å². The third kappa shape index (κ3) is 5.59. The number of likely N-dealkylation sites (tertiary alicyclic amines) is 1.